The summed E-state index contributed by atoms with van der Waals surface area (Å²) in [6, 6.07) is 9.38. The molecule has 1 N–H and O–H groups in total. The Morgan fingerprint density at radius 3 is 2.40 bits per heavy atom. The molecule has 0 spiro atoms. The third-order valence-corrected chi connectivity index (χ3v) is 4.84. The van der Waals surface area contributed by atoms with Crippen molar-refractivity contribution in [2.45, 2.75) is 57.9 Å². The van der Waals surface area contributed by atoms with Crippen LogP contribution in [0.15, 0.2) is 24.3 Å². The lowest BCUT2D eigenvalue weighted by molar-refractivity contribution is 0.247. The van der Waals surface area contributed by atoms with Crippen molar-refractivity contribution in [2.24, 2.45) is 5.92 Å². The van der Waals surface area contributed by atoms with Crippen molar-refractivity contribution in [3.8, 4) is 5.75 Å². The fourth-order valence-electron chi connectivity index (χ4n) is 3.73. The second kappa shape index (κ2) is 7.68. The number of methoxy groups -OCH3 is 1. The number of ether oxygens (including phenoxy) is 1. The van der Waals surface area contributed by atoms with E-state index in [0.29, 0.717) is 12.0 Å². The largest absolute Gasteiger partial charge is 0.497 e. The lowest BCUT2D eigenvalue weighted by Crippen LogP contribution is -2.42. The highest BCUT2D eigenvalue weighted by Crippen LogP contribution is 2.35. The molecule has 0 aromatic heterocycles. The Labute approximate surface area is 123 Å². The van der Waals surface area contributed by atoms with Crippen LogP contribution in [0.3, 0.4) is 0 Å². The van der Waals surface area contributed by atoms with Crippen molar-refractivity contribution in [3.05, 3.63) is 29.8 Å². The molecule has 3 atom stereocenters. The molecular weight excluding hydrogens is 246 g/mol. The highest BCUT2D eigenvalue weighted by atomic mass is 16.5. The van der Waals surface area contributed by atoms with E-state index in [1.54, 1.807) is 7.11 Å². The number of hydrogen-bond donors (Lipinski definition) is 1. The van der Waals surface area contributed by atoms with Gasteiger partial charge in [0.1, 0.15) is 5.75 Å². The molecule has 0 bridgehead atoms. The lowest BCUT2D eigenvalue weighted by Gasteiger charge is -2.36. The molecule has 112 valence electrons. The number of rotatable bonds is 6. The van der Waals surface area contributed by atoms with Gasteiger partial charge in [0.2, 0.25) is 0 Å². The van der Waals surface area contributed by atoms with E-state index in [1.807, 2.05) is 0 Å². The first-order valence-corrected chi connectivity index (χ1v) is 8.17. The van der Waals surface area contributed by atoms with Crippen LogP contribution in [0.1, 0.15) is 57.4 Å². The molecule has 0 amide bonds. The second-order valence-electron chi connectivity index (χ2n) is 5.92. The maximum atomic E-state index is 5.27. The first-order chi connectivity index (χ1) is 9.80. The topological polar surface area (TPSA) is 21.3 Å². The summed E-state index contributed by atoms with van der Waals surface area (Å²) in [7, 11) is 1.73. The van der Waals surface area contributed by atoms with E-state index >= 15 is 0 Å². The Morgan fingerprint density at radius 1 is 1.15 bits per heavy atom. The number of benzene rings is 1. The average Bonchev–Trinajstić information content (AvgIpc) is 2.53. The van der Waals surface area contributed by atoms with Crippen molar-refractivity contribution < 1.29 is 4.74 Å². The van der Waals surface area contributed by atoms with Crippen LogP contribution >= 0.6 is 0 Å². The summed E-state index contributed by atoms with van der Waals surface area (Å²) in [4.78, 5) is 0. The molecule has 0 unspecified atom stereocenters. The van der Waals surface area contributed by atoms with Crippen LogP contribution in [-0.2, 0) is 0 Å². The number of piperidine rings is 1. The molecule has 1 aliphatic rings. The van der Waals surface area contributed by atoms with E-state index < -0.39 is 0 Å². The first kappa shape index (κ1) is 15.4. The summed E-state index contributed by atoms with van der Waals surface area (Å²) in [5.41, 5.74) is 1.47. The second-order valence-corrected chi connectivity index (χ2v) is 5.92. The van der Waals surface area contributed by atoms with E-state index in [1.165, 1.54) is 44.2 Å². The predicted molar refractivity (Wildman–Crippen MR) is 85.4 cm³/mol. The van der Waals surface area contributed by atoms with Crippen molar-refractivity contribution in [1.82, 2.24) is 5.32 Å². The van der Waals surface area contributed by atoms with Gasteiger partial charge in [0, 0.05) is 6.04 Å². The highest BCUT2D eigenvalue weighted by Gasteiger charge is 2.29. The molecule has 1 aromatic carbocycles. The minimum atomic E-state index is 0.654. The smallest absolute Gasteiger partial charge is 0.118 e. The van der Waals surface area contributed by atoms with Crippen LogP contribution < -0.4 is 10.1 Å². The van der Waals surface area contributed by atoms with E-state index in [-0.39, 0.29) is 0 Å². The molecule has 1 saturated heterocycles. The van der Waals surface area contributed by atoms with Crippen LogP contribution in [-0.4, -0.2) is 19.7 Å². The van der Waals surface area contributed by atoms with Crippen LogP contribution in [0.25, 0.3) is 0 Å². The summed E-state index contributed by atoms with van der Waals surface area (Å²) in [6.07, 6.45) is 6.52. The van der Waals surface area contributed by atoms with Gasteiger partial charge < -0.3 is 10.1 Å². The molecule has 1 aliphatic heterocycles. The highest BCUT2D eigenvalue weighted by molar-refractivity contribution is 5.30. The van der Waals surface area contributed by atoms with Gasteiger partial charge in [-0.05, 0) is 55.3 Å². The van der Waals surface area contributed by atoms with Crippen molar-refractivity contribution >= 4 is 0 Å². The first-order valence-electron chi connectivity index (χ1n) is 8.17. The minimum Gasteiger partial charge on any atom is -0.497 e. The van der Waals surface area contributed by atoms with E-state index in [2.05, 4.69) is 43.4 Å². The minimum absolute atomic E-state index is 0.654. The molecule has 2 rings (SSSR count). The van der Waals surface area contributed by atoms with Crippen LogP contribution in [0, 0.1) is 5.92 Å². The molecule has 0 saturated carbocycles. The van der Waals surface area contributed by atoms with Crippen LogP contribution in [0.4, 0.5) is 0 Å². The van der Waals surface area contributed by atoms with E-state index in [9.17, 15) is 0 Å². The van der Waals surface area contributed by atoms with Crippen molar-refractivity contribution in [2.75, 3.05) is 13.7 Å². The van der Waals surface area contributed by atoms with Gasteiger partial charge in [-0.1, -0.05) is 38.8 Å². The van der Waals surface area contributed by atoms with Gasteiger partial charge in [-0.25, -0.2) is 0 Å². The SMILES string of the molecule is CC[C@@H]([C@H](CC)c1ccc(OC)cc1)[C@H]1CCCCN1. The average molecular weight is 275 g/mol. The Hall–Kier alpha value is -1.02. The van der Waals surface area contributed by atoms with E-state index in [0.717, 1.165) is 11.7 Å². The molecule has 20 heavy (non-hydrogen) atoms. The fraction of sp³-hybridized carbons (Fsp3) is 0.667. The number of nitrogens with one attached hydrogen (secondary N) is 1. The van der Waals surface area contributed by atoms with Gasteiger partial charge in [0.05, 0.1) is 7.11 Å². The predicted octanol–water partition coefficient (Wildman–Crippen LogP) is 4.36. The Bertz CT molecular complexity index is 381. The summed E-state index contributed by atoms with van der Waals surface area (Å²) in [5.74, 6) is 2.35. The Kier molecular flexibility index (Phi) is 5.90. The zero-order chi connectivity index (χ0) is 14.4. The Balaban J connectivity index is 2.14. The van der Waals surface area contributed by atoms with Gasteiger partial charge >= 0.3 is 0 Å². The lowest BCUT2D eigenvalue weighted by atomic mass is 9.76. The molecule has 2 heteroatoms. The normalized spacial score (nSPS) is 22.2. The van der Waals surface area contributed by atoms with Crippen molar-refractivity contribution in [1.29, 1.82) is 0 Å². The summed E-state index contributed by atoms with van der Waals surface area (Å²) in [5, 5.41) is 3.75. The maximum Gasteiger partial charge on any atom is 0.118 e. The van der Waals surface area contributed by atoms with E-state index in [4.69, 9.17) is 4.74 Å². The standard InChI is InChI=1S/C18H29NO/c1-4-16(14-9-11-15(20-3)12-10-14)17(5-2)18-8-6-7-13-19-18/h9-12,16-19H,4-8,13H2,1-3H3/t16-,17+,18-/m1/s1. The molecular formula is C18H29NO. The molecule has 0 radical (unpaired) electrons. The monoisotopic (exact) mass is 275 g/mol. The molecule has 2 nitrogen and oxygen atoms in total. The summed E-state index contributed by atoms with van der Waals surface area (Å²) in [6.45, 7) is 5.85. The summed E-state index contributed by atoms with van der Waals surface area (Å²) >= 11 is 0. The fourth-order valence-corrected chi connectivity index (χ4v) is 3.73. The number of hydrogen-bond acceptors (Lipinski definition) is 2. The zero-order valence-electron chi connectivity index (χ0n) is 13.2. The van der Waals surface area contributed by atoms with Crippen LogP contribution in [0.5, 0.6) is 5.75 Å². The zero-order valence-corrected chi connectivity index (χ0v) is 13.2. The maximum absolute atomic E-state index is 5.27. The third kappa shape index (κ3) is 3.54. The molecule has 1 heterocycles. The third-order valence-electron chi connectivity index (χ3n) is 4.84. The quantitative estimate of drug-likeness (QED) is 0.833. The van der Waals surface area contributed by atoms with Gasteiger partial charge in [0.15, 0.2) is 0 Å². The summed E-state index contributed by atoms with van der Waals surface area (Å²) < 4.78 is 5.27. The molecule has 1 fully saturated rings. The van der Waals surface area contributed by atoms with Gasteiger partial charge in [-0.15, -0.1) is 0 Å². The Morgan fingerprint density at radius 2 is 1.90 bits per heavy atom. The van der Waals surface area contributed by atoms with Crippen LogP contribution in [0.2, 0.25) is 0 Å². The molecule has 1 aromatic rings. The molecule has 0 aliphatic carbocycles. The van der Waals surface area contributed by atoms with Gasteiger partial charge in [-0.3, -0.25) is 0 Å². The van der Waals surface area contributed by atoms with Gasteiger partial charge in [0.25, 0.3) is 0 Å². The van der Waals surface area contributed by atoms with Gasteiger partial charge in [-0.2, -0.15) is 0 Å². The van der Waals surface area contributed by atoms with Crippen molar-refractivity contribution in [3.63, 3.8) is 0 Å².